The molecular weight excluding hydrogens is 225 g/mol. The zero-order valence-electron chi connectivity index (χ0n) is 9.61. The van der Waals surface area contributed by atoms with Gasteiger partial charge >= 0.3 is 6.03 Å². The predicted octanol–water partition coefficient (Wildman–Crippen LogP) is 1.50. The zero-order valence-corrected chi connectivity index (χ0v) is 9.61. The average Bonchev–Trinajstić information content (AvgIpc) is 2.32. The van der Waals surface area contributed by atoms with Crippen LogP contribution in [0.15, 0.2) is 18.3 Å². The summed E-state index contributed by atoms with van der Waals surface area (Å²) in [6.07, 6.45) is 1.78. The molecule has 1 rings (SSSR count). The fraction of sp³-hybridized carbons (Fsp3) is 0.455. The quantitative estimate of drug-likeness (QED) is 0.731. The summed E-state index contributed by atoms with van der Waals surface area (Å²) in [6, 6.07) is 2.16. The molecule has 1 aromatic rings. The molecule has 5 nitrogen and oxygen atoms in total. The Morgan fingerprint density at radius 3 is 2.94 bits per heavy atom. The van der Waals surface area contributed by atoms with Crippen LogP contribution >= 0.6 is 0 Å². The highest BCUT2D eigenvalue weighted by atomic mass is 19.1. The molecule has 1 atom stereocenters. The fourth-order valence-corrected chi connectivity index (χ4v) is 1.17. The van der Waals surface area contributed by atoms with Crippen molar-refractivity contribution in [3.05, 3.63) is 24.1 Å². The van der Waals surface area contributed by atoms with Crippen molar-refractivity contribution >= 4 is 11.8 Å². The normalized spacial score (nSPS) is 11.9. The Hall–Kier alpha value is -1.69. The van der Waals surface area contributed by atoms with Crippen LogP contribution < -0.4 is 10.6 Å². The van der Waals surface area contributed by atoms with Gasteiger partial charge in [0.15, 0.2) is 0 Å². The number of carbonyl (C=O) groups is 1. The number of aromatic nitrogens is 1. The topological polar surface area (TPSA) is 74.2 Å². The van der Waals surface area contributed by atoms with Crippen molar-refractivity contribution in [1.29, 1.82) is 0 Å². The van der Waals surface area contributed by atoms with Crippen molar-refractivity contribution in [2.45, 2.75) is 25.9 Å². The number of urea groups is 1. The van der Waals surface area contributed by atoms with Crippen LogP contribution in [0.4, 0.5) is 15.0 Å². The van der Waals surface area contributed by atoms with E-state index in [1.807, 2.05) is 6.92 Å². The third-order valence-electron chi connectivity index (χ3n) is 2.20. The average molecular weight is 241 g/mol. The highest BCUT2D eigenvalue weighted by molar-refractivity contribution is 5.88. The summed E-state index contributed by atoms with van der Waals surface area (Å²) >= 11 is 0. The molecule has 0 aliphatic rings. The fourth-order valence-electron chi connectivity index (χ4n) is 1.17. The van der Waals surface area contributed by atoms with Crippen molar-refractivity contribution in [2.75, 3.05) is 11.9 Å². The number of hydrogen-bond donors (Lipinski definition) is 3. The summed E-state index contributed by atoms with van der Waals surface area (Å²) in [7, 11) is 0. The molecule has 1 aromatic heterocycles. The number of carbonyl (C=O) groups excluding carboxylic acids is 1. The summed E-state index contributed by atoms with van der Waals surface area (Å²) in [6.45, 7) is 2.25. The second kappa shape index (κ2) is 6.80. The Kier molecular flexibility index (Phi) is 5.35. The third-order valence-corrected chi connectivity index (χ3v) is 2.20. The van der Waals surface area contributed by atoms with Crippen molar-refractivity contribution in [3.8, 4) is 0 Å². The first-order chi connectivity index (χ1) is 8.11. The number of aliphatic hydroxyl groups excluding tert-OH is 1. The number of anilines is 1. The minimum atomic E-state index is -0.456. The van der Waals surface area contributed by atoms with Crippen LogP contribution in [-0.4, -0.2) is 28.8 Å². The Balaban J connectivity index is 2.27. The van der Waals surface area contributed by atoms with Gasteiger partial charge in [-0.1, -0.05) is 6.92 Å². The minimum Gasteiger partial charge on any atom is -0.393 e. The molecule has 3 N–H and O–H groups in total. The number of nitrogens with one attached hydrogen (secondary N) is 2. The SMILES string of the molecule is CCC(O)CCNC(=O)Nc1ccc(F)cn1. The van der Waals surface area contributed by atoms with E-state index in [0.717, 1.165) is 6.20 Å². The lowest BCUT2D eigenvalue weighted by atomic mass is 10.2. The highest BCUT2D eigenvalue weighted by Crippen LogP contribution is 2.03. The van der Waals surface area contributed by atoms with Gasteiger partial charge in [0, 0.05) is 6.54 Å². The first-order valence-corrected chi connectivity index (χ1v) is 5.46. The van der Waals surface area contributed by atoms with Gasteiger partial charge in [-0.2, -0.15) is 0 Å². The van der Waals surface area contributed by atoms with E-state index in [1.165, 1.54) is 12.1 Å². The summed E-state index contributed by atoms with van der Waals surface area (Å²) in [5.74, 6) is -0.179. The van der Waals surface area contributed by atoms with E-state index in [0.29, 0.717) is 19.4 Å². The Bertz CT molecular complexity index is 356. The van der Waals surface area contributed by atoms with E-state index in [1.54, 1.807) is 0 Å². The maximum Gasteiger partial charge on any atom is 0.320 e. The van der Waals surface area contributed by atoms with Gasteiger partial charge in [-0.3, -0.25) is 5.32 Å². The molecule has 2 amide bonds. The molecule has 17 heavy (non-hydrogen) atoms. The number of hydrogen-bond acceptors (Lipinski definition) is 3. The van der Waals surface area contributed by atoms with Gasteiger partial charge in [-0.15, -0.1) is 0 Å². The van der Waals surface area contributed by atoms with Crippen LogP contribution in [0.2, 0.25) is 0 Å². The van der Waals surface area contributed by atoms with Gasteiger partial charge < -0.3 is 10.4 Å². The predicted molar refractivity (Wildman–Crippen MR) is 62.1 cm³/mol. The van der Waals surface area contributed by atoms with E-state index in [4.69, 9.17) is 0 Å². The minimum absolute atomic E-state index is 0.278. The molecule has 0 bridgehead atoms. The molecule has 0 spiro atoms. The van der Waals surface area contributed by atoms with Gasteiger partial charge in [0.25, 0.3) is 0 Å². The second-order valence-corrected chi connectivity index (χ2v) is 3.59. The van der Waals surface area contributed by atoms with E-state index in [2.05, 4.69) is 15.6 Å². The highest BCUT2D eigenvalue weighted by Gasteiger charge is 2.04. The standard InChI is InChI=1S/C11H16FN3O2/c1-2-9(16)5-6-13-11(17)15-10-4-3-8(12)7-14-10/h3-4,7,9,16H,2,5-6H2,1H3,(H2,13,14,15,17). The van der Waals surface area contributed by atoms with Crippen molar-refractivity contribution in [2.24, 2.45) is 0 Å². The van der Waals surface area contributed by atoms with Crippen LogP contribution in [-0.2, 0) is 0 Å². The van der Waals surface area contributed by atoms with Gasteiger partial charge in [0.05, 0.1) is 12.3 Å². The number of pyridine rings is 1. The molecule has 0 radical (unpaired) electrons. The Morgan fingerprint density at radius 1 is 1.59 bits per heavy atom. The third kappa shape index (κ3) is 5.26. The number of rotatable bonds is 5. The number of amides is 2. The molecule has 0 aliphatic carbocycles. The van der Waals surface area contributed by atoms with Gasteiger partial charge in [-0.25, -0.2) is 14.2 Å². The molecule has 0 saturated heterocycles. The smallest absolute Gasteiger partial charge is 0.320 e. The molecule has 0 fully saturated rings. The molecule has 0 saturated carbocycles. The van der Waals surface area contributed by atoms with Crippen molar-refractivity contribution < 1.29 is 14.3 Å². The molecular formula is C11H16FN3O2. The van der Waals surface area contributed by atoms with Crippen LogP contribution in [0.25, 0.3) is 0 Å². The van der Waals surface area contributed by atoms with Gasteiger partial charge in [0.2, 0.25) is 0 Å². The van der Waals surface area contributed by atoms with E-state index >= 15 is 0 Å². The summed E-state index contributed by atoms with van der Waals surface area (Å²) in [5.41, 5.74) is 0. The largest absolute Gasteiger partial charge is 0.393 e. The van der Waals surface area contributed by atoms with Gasteiger partial charge in [-0.05, 0) is 25.0 Å². The first-order valence-electron chi connectivity index (χ1n) is 5.46. The summed E-state index contributed by atoms with van der Waals surface area (Å²) in [5, 5.41) is 14.3. The molecule has 6 heteroatoms. The number of halogens is 1. The van der Waals surface area contributed by atoms with E-state index in [9.17, 15) is 14.3 Å². The maximum atomic E-state index is 12.5. The van der Waals surface area contributed by atoms with E-state index in [-0.39, 0.29) is 5.82 Å². The summed E-state index contributed by atoms with van der Waals surface area (Å²) in [4.78, 5) is 15.0. The Labute approximate surface area is 99.1 Å². The van der Waals surface area contributed by atoms with Crippen LogP contribution in [0.5, 0.6) is 0 Å². The molecule has 1 heterocycles. The lowest BCUT2D eigenvalue weighted by Crippen LogP contribution is -2.31. The number of nitrogens with zero attached hydrogens (tertiary/aromatic N) is 1. The van der Waals surface area contributed by atoms with Crippen molar-refractivity contribution in [1.82, 2.24) is 10.3 Å². The lowest BCUT2D eigenvalue weighted by molar-refractivity contribution is 0.160. The van der Waals surface area contributed by atoms with Crippen LogP contribution in [0, 0.1) is 5.82 Å². The maximum absolute atomic E-state index is 12.5. The molecule has 94 valence electrons. The van der Waals surface area contributed by atoms with Gasteiger partial charge in [0.1, 0.15) is 11.6 Å². The second-order valence-electron chi connectivity index (χ2n) is 3.59. The molecule has 0 aliphatic heterocycles. The molecule has 1 unspecified atom stereocenters. The monoisotopic (exact) mass is 241 g/mol. The van der Waals surface area contributed by atoms with Crippen LogP contribution in [0.3, 0.4) is 0 Å². The van der Waals surface area contributed by atoms with E-state index < -0.39 is 18.0 Å². The first kappa shape index (κ1) is 13.4. The Morgan fingerprint density at radius 2 is 2.35 bits per heavy atom. The summed E-state index contributed by atoms with van der Waals surface area (Å²) < 4.78 is 12.5. The zero-order chi connectivity index (χ0) is 12.7. The number of aliphatic hydroxyl groups is 1. The van der Waals surface area contributed by atoms with Crippen LogP contribution in [0.1, 0.15) is 19.8 Å². The molecule has 0 aromatic carbocycles. The van der Waals surface area contributed by atoms with Crippen molar-refractivity contribution in [3.63, 3.8) is 0 Å². The lowest BCUT2D eigenvalue weighted by Gasteiger charge is -2.09.